The van der Waals surface area contributed by atoms with Gasteiger partial charge in [0.2, 0.25) is 5.91 Å². The van der Waals surface area contributed by atoms with Gasteiger partial charge < -0.3 is 10.2 Å². The zero-order chi connectivity index (χ0) is 18.9. The van der Waals surface area contributed by atoms with Crippen molar-refractivity contribution in [3.05, 3.63) is 0 Å². The molecule has 1 aliphatic carbocycles. The molecule has 1 amide bonds. The van der Waals surface area contributed by atoms with Crippen molar-refractivity contribution in [2.24, 2.45) is 11.3 Å². The fraction of sp³-hybridized carbons (Fsp3) is 0.947. The predicted octanol–water partition coefficient (Wildman–Crippen LogP) is 1.03. The van der Waals surface area contributed by atoms with Crippen LogP contribution < -0.4 is 5.32 Å². The SMILES string of the molecule is O=C(N1CCN(S(=O)(=O)N2CCCCCC2)CC1)[C@@]12CCCC[C@H]1CNC2. The number of fused-ring (bicyclic) bond motifs is 1. The minimum atomic E-state index is -3.39. The second-order valence-electron chi connectivity index (χ2n) is 8.74. The zero-order valence-corrected chi connectivity index (χ0v) is 17.2. The van der Waals surface area contributed by atoms with Crippen molar-refractivity contribution in [2.45, 2.75) is 51.4 Å². The Morgan fingerprint density at radius 1 is 0.852 bits per heavy atom. The molecule has 0 aromatic heterocycles. The van der Waals surface area contributed by atoms with Crippen LogP contribution in [0, 0.1) is 11.3 Å². The standard InChI is InChI=1S/C19H34N4O3S/c24-18(19-8-4-3-7-17(19)15-20-16-19)21-11-13-23(14-12-21)27(25,26)22-9-5-1-2-6-10-22/h17,20H,1-16H2/t17-,19+/m0/s1. The van der Waals surface area contributed by atoms with Crippen molar-refractivity contribution in [1.82, 2.24) is 18.8 Å². The highest BCUT2D eigenvalue weighted by Gasteiger charge is 2.51. The lowest BCUT2D eigenvalue weighted by molar-refractivity contribution is -0.146. The summed E-state index contributed by atoms with van der Waals surface area (Å²) in [6, 6.07) is 0. The van der Waals surface area contributed by atoms with Gasteiger partial charge in [-0.25, -0.2) is 0 Å². The van der Waals surface area contributed by atoms with Crippen LogP contribution in [0.5, 0.6) is 0 Å². The lowest BCUT2D eigenvalue weighted by atomic mass is 9.67. The molecule has 3 heterocycles. The minimum absolute atomic E-state index is 0.232. The Morgan fingerprint density at radius 2 is 1.52 bits per heavy atom. The molecule has 154 valence electrons. The first-order valence-electron chi connectivity index (χ1n) is 10.8. The summed E-state index contributed by atoms with van der Waals surface area (Å²) in [6.45, 7) is 4.94. The first-order chi connectivity index (χ1) is 13.0. The summed E-state index contributed by atoms with van der Waals surface area (Å²) in [7, 11) is -3.39. The van der Waals surface area contributed by atoms with Gasteiger partial charge >= 0.3 is 0 Å². The average molecular weight is 399 g/mol. The molecule has 7 nitrogen and oxygen atoms in total. The zero-order valence-electron chi connectivity index (χ0n) is 16.4. The van der Waals surface area contributed by atoms with E-state index < -0.39 is 10.2 Å². The van der Waals surface area contributed by atoms with E-state index in [0.717, 1.165) is 58.0 Å². The fourth-order valence-corrected chi connectivity index (χ4v) is 7.21. The highest BCUT2D eigenvalue weighted by atomic mass is 32.2. The van der Waals surface area contributed by atoms with E-state index in [2.05, 4.69) is 5.32 Å². The minimum Gasteiger partial charge on any atom is -0.340 e. The molecular weight excluding hydrogens is 364 g/mol. The Kier molecular flexibility index (Phi) is 5.79. The number of amides is 1. The summed E-state index contributed by atoms with van der Waals surface area (Å²) < 4.78 is 29.2. The quantitative estimate of drug-likeness (QED) is 0.771. The fourth-order valence-electron chi connectivity index (χ4n) is 5.54. The van der Waals surface area contributed by atoms with Gasteiger partial charge in [-0.1, -0.05) is 25.7 Å². The van der Waals surface area contributed by atoms with Gasteiger partial charge in [-0.15, -0.1) is 0 Å². The Balaban J connectivity index is 1.39. The normalized spacial score (nSPS) is 34.2. The molecule has 3 saturated heterocycles. The van der Waals surface area contributed by atoms with Gasteiger partial charge in [-0.2, -0.15) is 17.0 Å². The van der Waals surface area contributed by atoms with E-state index in [9.17, 15) is 13.2 Å². The van der Waals surface area contributed by atoms with Crippen LogP contribution in [0.3, 0.4) is 0 Å². The van der Waals surface area contributed by atoms with Crippen molar-refractivity contribution in [3.8, 4) is 0 Å². The van der Waals surface area contributed by atoms with Crippen molar-refractivity contribution >= 4 is 16.1 Å². The maximum atomic E-state index is 13.4. The number of nitrogens with one attached hydrogen (secondary N) is 1. The molecule has 0 aromatic carbocycles. The first kappa shape index (κ1) is 19.6. The second-order valence-corrected chi connectivity index (χ2v) is 10.7. The lowest BCUT2D eigenvalue weighted by Crippen LogP contribution is -2.58. The third kappa shape index (κ3) is 3.66. The summed E-state index contributed by atoms with van der Waals surface area (Å²) in [5.74, 6) is 0.724. The van der Waals surface area contributed by atoms with Crippen LogP contribution in [0.2, 0.25) is 0 Å². The van der Waals surface area contributed by atoms with Gasteiger partial charge in [0.1, 0.15) is 0 Å². The van der Waals surface area contributed by atoms with Crippen molar-refractivity contribution in [2.75, 3.05) is 52.4 Å². The monoisotopic (exact) mass is 398 g/mol. The summed E-state index contributed by atoms with van der Waals surface area (Å²) >= 11 is 0. The molecule has 0 bridgehead atoms. The van der Waals surface area contributed by atoms with E-state index in [4.69, 9.17) is 0 Å². The van der Waals surface area contributed by atoms with Crippen LogP contribution in [0.15, 0.2) is 0 Å². The van der Waals surface area contributed by atoms with E-state index in [0.29, 0.717) is 45.2 Å². The largest absolute Gasteiger partial charge is 0.340 e. The van der Waals surface area contributed by atoms with Crippen LogP contribution in [0.25, 0.3) is 0 Å². The molecule has 2 atom stereocenters. The number of nitrogens with zero attached hydrogens (tertiary/aromatic N) is 3. The number of rotatable bonds is 3. The number of carbonyl (C=O) groups is 1. The number of hydrogen-bond acceptors (Lipinski definition) is 4. The maximum Gasteiger partial charge on any atom is 0.282 e. The topological polar surface area (TPSA) is 73.0 Å². The van der Waals surface area contributed by atoms with Gasteiger partial charge in [-0.3, -0.25) is 4.79 Å². The molecule has 0 radical (unpaired) electrons. The molecule has 4 rings (SSSR count). The molecule has 0 aromatic rings. The van der Waals surface area contributed by atoms with Crippen LogP contribution >= 0.6 is 0 Å². The summed E-state index contributed by atoms with van der Waals surface area (Å²) in [5, 5.41) is 3.45. The molecular formula is C19H34N4O3S. The van der Waals surface area contributed by atoms with E-state index >= 15 is 0 Å². The third-order valence-electron chi connectivity index (χ3n) is 7.21. The first-order valence-corrected chi connectivity index (χ1v) is 12.2. The average Bonchev–Trinajstić information content (AvgIpc) is 2.94. The smallest absolute Gasteiger partial charge is 0.282 e. The highest BCUT2D eigenvalue weighted by Crippen LogP contribution is 2.45. The number of carbonyl (C=O) groups excluding carboxylic acids is 1. The molecule has 3 aliphatic heterocycles. The third-order valence-corrected chi connectivity index (χ3v) is 9.24. The second kappa shape index (κ2) is 7.97. The van der Waals surface area contributed by atoms with Crippen LogP contribution in [-0.2, 0) is 15.0 Å². The maximum absolute atomic E-state index is 13.4. The van der Waals surface area contributed by atoms with Crippen LogP contribution in [0.1, 0.15) is 51.4 Å². The summed E-state index contributed by atoms with van der Waals surface area (Å²) in [6.07, 6.45) is 8.62. The molecule has 0 spiro atoms. The van der Waals surface area contributed by atoms with Gasteiger partial charge in [0.25, 0.3) is 10.2 Å². The molecule has 4 fully saturated rings. The Morgan fingerprint density at radius 3 is 2.22 bits per heavy atom. The number of hydrogen-bond donors (Lipinski definition) is 1. The molecule has 4 aliphatic rings. The summed E-state index contributed by atoms with van der Waals surface area (Å²) in [4.78, 5) is 15.3. The number of piperazine rings is 1. The molecule has 0 unspecified atom stereocenters. The van der Waals surface area contributed by atoms with Gasteiger partial charge in [0.05, 0.1) is 5.41 Å². The van der Waals surface area contributed by atoms with Gasteiger partial charge in [0, 0.05) is 45.8 Å². The van der Waals surface area contributed by atoms with Gasteiger partial charge in [-0.05, 0) is 38.1 Å². The van der Waals surface area contributed by atoms with Crippen molar-refractivity contribution in [1.29, 1.82) is 0 Å². The van der Waals surface area contributed by atoms with Crippen molar-refractivity contribution < 1.29 is 13.2 Å². The van der Waals surface area contributed by atoms with Crippen LogP contribution in [0.4, 0.5) is 0 Å². The Hall–Kier alpha value is -0.700. The van der Waals surface area contributed by atoms with E-state index in [1.165, 1.54) is 6.42 Å². The van der Waals surface area contributed by atoms with Crippen LogP contribution in [-0.4, -0.2) is 80.2 Å². The molecule has 1 N–H and O–H groups in total. The van der Waals surface area contributed by atoms with E-state index in [1.807, 2.05) is 4.90 Å². The van der Waals surface area contributed by atoms with E-state index in [1.54, 1.807) is 8.61 Å². The molecule has 27 heavy (non-hydrogen) atoms. The Labute approximate surface area is 163 Å². The predicted molar refractivity (Wildman–Crippen MR) is 104 cm³/mol. The van der Waals surface area contributed by atoms with E-state index in [-0.39, 0.29) is 11.3 Å². The Bertz CT molecular complexity index is 639. The summed E-state index contributed by atoms with van der Waals surface area (Å²) in [5.41, 5.74) is -0.232. The molecule has 1 saturated carbocycles. The molecule has 8 heteroatoms. The van der Waals surface area contributed by atoms with Crippen molar-refractivity contribution in [3.63, 3.8) is 0 Å². The van der Waals surface area contributed by atoms with Gasteiger partial charge in [0.15, 0.2) is 0 Å². The highest BCUT2D eigenvalue weighted by molar-refractivity contribution is 7.86. The lowest BCUT2D eigenvalue weighted by Gasteiger charge is -2.43.